The van der Waals surface area contributed by atoms with Crippen LogP contribution in [-0.2, 0) is 11.2 Å². The Labute approximate surface area is 92.3 Å². The lowest BCUT2D eigenvalue weighted by molar-refractivity contribution is -0.136. The first-order valence-electron chi connectivity index (χ1n) is 5.42. The number of rotatable bonds is 3. The van der Waals surface area contributed by atoms with Crippen molar-refractivity contribution in [3.63, 3.8) is 0 Å². The fourth-order valence-corrected chi connectivity index (χ4v) is 2.17. The van der Waals surface area contributed by atoms with Gasteiger partial charge in [0, 0.05) is 29.0 Å². The number of hydrogen-bond donors (Lipinski definition) is 2. The molecule has 0 radical (unpaired) electrons. The van der Waals surface area contributed by atoms with Gasteiger partial charge in [-0.15, -0.1) is 0 Å². The summed E-state index contributed by atoms with van der Waals surface area (Å²) in [5.74, 6) is -0.256. The van der Waals surface area contributed by atoms with Gasteiger partial charge in [0.2, 0.25) is 0 Å². The van der Waals surface area contributed by atoms with Gasteiger partial charge >= 0.3 is 5.97 Å². The average molecular weight is 216 g/mol. The van der Waals surface area contributed by atoms with Crippen LogP contribution in [0.1, 0.15) is 30.0 Å². The molecule has 0 atom stereocenters. The van der Waals surface area contributed by atoms with Crippen LogP contribution >= 0.6 is 0 Å². The fourth-order valence-electron chi connectivity index (χ4n) is 2.17. The molecular weight excluding hydrogens is 204 g/mol. The number of pyridine rings is 1. The largest absolute Gasteiger partial charge is 0.481 e. The zero-order valence-corrected chi connectivity index (χ0v) is 8.73. The van der Waals surface area contributed by atoms with Crippen LogP contribution in [-0.4, -0.2) is 21.0 Å². The molecule has 82 valence electrons. The third kappa shape index (κ3) is 1.46. The van der Waals surface area contributed by atoms with Crippen LogP contribution in [0.15, 0.2) is 18.5 Å². The molecule has 1 aliphatic rings. The molecule has 2 heterocycles. The van der Waals surface area contributed by atoms with Gasteiger partial charge in [-0.3, -0.25) is 9.78 Å². The predicted molar refractivity (Wildman–Crippen MR) is 59.4 cm³/mol. The number of fused-ring (bicyclic) bond motifs is 1. The minimum absolute atomic E-state index is 0.0809. The van der Waals surface area contributed by atoms with Crippen molar-refractivity contribution in [1.29, 1.82) is 0 Å². The van der Waals surface area contributed by atoms with Crippen LogP contribution in [0.4, 0.5) is 0 Å². The second-order valence-corrected chi connectivity index (χ2v) is 4.28. The summed E-state index contributed by atoms with van der Waals surface area (Å²) in [6.07, 6.45) is 5.87. The molecule has 16 heavy (non-hydrogen) atoms. The van der Waals surface area contributed by atoms with E-state index in [1.165, 1.54) is 0 Å². The Morgan fingerprint density at radius 1 is 1.56 bits per heavy atom. The number of nitrogens with one attached hydrogen (secondary N) is 1. The van der Waals surface area contributed by atoms with Crippen LogP contribution in [0, 0.1) is 0 Å². The summed E-state index contributed by atoms with van der Waals surface area (Å²) >= 11 is 0. The SMILES string of the molecule is O=C(O)Cc1c(C2CC2)[nH]c2ccncc12. The second-order valence-electron chi connectivity index (χ2n) is 4.28. The van der Waals surface area contributed by atoms with Crippen molar-refractivity contribution in [2.45, 2.75) is 25.2 Å². The summed E-state index contributed by atoms with van der Waals surface area (Å²) in [5, 5.41) is 9.89. The summed E-state index contributed by atoms with van der Waals surface area (Å²) in [7, 11) is 0. The lowest BCUT2D eigenvalue weighted by atomic mass is 10.1. The van der Waals surface area contributed by atoms with Crippen molar-refractivity contribution in [2.75, 3.05) is 0 Å². The molecule has 0 aliphatic heterocycles. The number of carbonyl (C=O) groups is 1. The van der Waals surface area contributed by atoms with E-state index in [0.717, 1.165) is 35.0 Å². The molecule has 0 bridgehead atoms. The van der Waals surface area contributed by atoms with E-state index in [1.807, 2.05) is 6.07 Å². The highest BCUT2D eigenvalue weighted by molar-refractivity contribution is 5.88. The number of aromatic nitrogens is 2. The number of aliphatic carboxylic acids is 1. The van der Waals surface area contributed by atoms with E-state index < -0.39 is 5.97 Å². The molecule has 4 heteroatoms. The van der Waals surface area contributed by atoms with Crippen molar-refractivity contribution < 1.29 is 9.90 Å². The van der Waals surface area contributed by atoms with Crippen molar-refractivity contribution in [3.8, 4) is 0 Å². The Morgan fingerprint density at radius 2 is 2.38 bits per heavy atom. The molecule has 0 saturated heterocycles. The van der Waals surface area contributed by atoms with Gasteiger partial charge in [0.05, 0.1) is 6.42 Å². The normalized spacial score (nSPS) is 15.5. The maximum atomic E-state index is 10.9. The summed E-state index contributed by atoms with van der Waals surface area (Å²) in [5.41, 5.74) is 3.01. The third-order valence-electron chi connectivity index (χ3n) is 3.05. The number of carboxylic acid groups (broad SMARTS) is 1. The molecule has 0 spiro atoms. The molecule has 2 aromatic heterocycles. The minimum atomic E-state index is -0.786. The molecule has 0 amide bonds. The molecule has 3 rings (SSSR count). The van der Waals surface area contributed by atoms with Crippen molar-refractivity contribution >= 4 is 16.9 Å². The van der Waals surface area contributed by atoms with Crippen molar-refractivity contribution in [3.05, 3.63) is 29.7 Å². The standard InChI is InChI=1S/C12H12N2O2/c15-11(16)5-8-9-6-13-4-3-10(9)14-12(8)7-1-2-7/h3-4,6-7,14H,1-2,5H2,(H,15,16). The number of H-pyrrole nitrogens is 1. The van der Waals surface area contributed by atoms with E-state index in [2.05, 4.69) is 9.97 Å². The first kappa shape index (κ1) is 9.39. The lowest BCUT2D eigenvalue weighted by Crippen LogP contribution is -2.01. The van der Waals surface area contributed by atoms with Crippen LogP contribution in [0.2, 0.25) is 0 Å². The molecule has 1 fully saturated rings. The quantitative estimate of drug-likeness (QED) is 0.825. The topological polar surface area (TPSA) is 66.0 Å². The second kappa shape index (κ2) is 3.33. The first-order valence-corrected chi connectivity index (χ1v) is 5.42. The summed E-state index contributed by atoms with van der Waals surface area (Å²) < 4.78 is 0. The smallest absolute Gasteiger partial charge is 0.307 e. The average Bonchev–Trinajstić information content (AvgIpc) is 3.03. The van der Waals surface area contributed by atoms with Gasteiger partial charge in [-0.2, -0.15) is 0 Å². The van der Waals surface area contributed by atoms with E-state index in [-0.39, 0.29) is 6.42 Å². The Balaban J connectivity index is 2.18. The highest BCUT2D eigenvalue weighted by atomic mass is 16.4. The minimum Gasteiger partial charge on any atom is -0.481 e. The monoisotopic (exact) mass is 216 g/mol. The first-order chi connectivity index (χ1) is 7.75. The van der Waals surface area contributed by atoms with Gasteiger partial charge in [0.1, 0.15) is 0 Å². The zero-order valence-electron chi connectivity index (χ0n) is 8.73. The summed E-state index contributed by atoms with van der Waals surface area (Å²) in [6.45, 7) is 0. The highest BCUT2D eigenvalue weighted by Crippen LogP contribution is 2.43. The molecule has 0 unspecified atom stereocenters. The Hall–Kier alpha value is -1.84. The van der Waals surface area contributed by atoms with E-state index in [9.17, 15) is 4.79 Å². The van der Waals surface area contributed by atoms with Gasteiger partial charge in [0.25, 0.3) is 0 Å². The van der Waals surface area contributed by atoms with Crippen molar-refractivity contribution in [1.82, 2.24) is 9.97 Å². The van der Waals surface area contributed by atoms with Gasteiger partial charge in [0.15, 0.2) is 0 Å². The molecule has 2 N–H and O–H groups in total. The highest BCUT2D eigenvalue weighted by Gasteiger charge is 2.29. The van der Waals surface area contributed by atoms with E-state index in [4.69, 9.17) is 5.11 Å². The van der Waals surface area contributed by atoms with E-state index >= 15 is 0 Å². The molecular formula is C12H12N2O2. The van der Waals surface area contributed by atoms with E-state index in [1.54, 1.807) is 12.4 Å². The molecule has 1 saturated carbocycles. The fraction of sp³-hybridized carbons (Fsp3) is 0.333. The van der Waals surface area contributed by atoms with Crippen LogP contribution in [0.5, 0.6) is 0 Å². The van der Waals surface area contributed by atoms with Gasteiger partial charge in [-0.25, -0.2) is 0 Å². The van der Waals surface area contributed by atoms with Gasteiger partial charge in [-0.1, -0.05) is 0 Å². The maximum absolute atomic E-state index is 10.9. The third-order valence-corrected chi connectivity index (χ3v) is 3.05. The number of nitrogens with zero attached hydrogens (tertiary/aromatic N) is 1. The Morgan fingerprint density at radius 3 is 3.06 bits per heavy atom. The Bertz CT molecular complexity index is 555. The van der Waals surface area contributed by atoms with Crippen LogP contribution in [0.3, 0.4) is 0 Å². The lowest BCUT2D eigenvalue weighted by Gasteiger charge is -1.99. The molecule has 4 nitrogen and oxygen atoms in total. The van der Waals surface area contributed by atoms with Crippen molar-refractivity contribution in [2.24, 2.45) is 0 Å². The number of carboxylic acids is 1. The molecule has 1 aliphatic carbocycles. The zero-order chi connectivity index (χ0) is 11.1. The van der Waals surface area contributed by atoms with Crippen LogP contribution < -0.4 is 0 Å². The molecule has 0 aromatic carbocycles. The van der Waals surface area contributed by atoms with Crippen LogP contribution in [0.25, 0.3) is 10.9 Å². The number of hydrogen-bond acceptors (Lipinski definition) is 2. The van der Waals surface area contributed by atoms with Gasteiger partial charge < -0.3 is 10.1 Å². The predicted octanol–water partition coefficient (Wildman–Crippen LogP) is 2.07. The maximum Gasteiger partial charge on any atom is 0.307 e. The Kier molecular flexibility index (Phi) is 1.96. The summed E-state index contributed by atoms with van der Waals surface area (Å²) in [6, 6.07) is 1.90. The summed E-state index contributed by atoms with van der Waals surface area (Å²) in [4.78, 5) is 18.3. The number of aromatic amines is 1. The van der Waals surface area contributed by atoms with Gasteiger partial charge in [-0.05, 0) is 30.4 Å². The van der Waals surface area contributed by atoms with E-state index in [0.29, 0.717) is 5.92 Å². The molecule has 2 aromatic rings.